The van der Waals surface area contributed by atoms with E-state index >= 15 is 0 Å². The van der Waals surface area contributed by atoms with Crippen molar-refractivity contribution in [3.05, 3.63) is 228 Å². The zero-order valence-electron chi connectivity index (χ0n) is 46.1. The summed E-state index contributed by atoms with van der Waals surface area (Å²) >= 11 is 12.6. The van der Waals surface area contributed by atoms with Crippen molar-refractivity contribution >= 4 is 52.4 Å². The molecule has 2 unspecified atom stereocenters. The number of nitroso groups, excluding NO2 is 1. The Morgan fingerprint density at radius 1 is 0.829 bits per heavy atom. The van der Waals surface area contributed by atoms with E-state index in [4.69, 9.17) is 56.7 Å². The topological polar surface area (TPSA) is 214 Å². The van der Waals surface area contributed by atoms with Gasteiger partial charge in [-0.05, 0) is 80.7 Å². The minimum absolute atomic E-state index is 0.0826. The van der Waals surface area contributed by atoms with Gasteiger partial charge in [0, 0.05) is 29.3 Å². The normalized spacial score (nSPS) is 12.6. The monoisotopic (exact) mass is 1150 g/mol. The number of methoxy groups -OCH3 is 1. The molecule has 0 saturated carbocycles. The molecule has 21 heteroatoms. The molecule has 0 aliphatic carbocycles. The maximum atomic E-state index is 12.4. The van der Waals surface area contributed by atoms with Crippen LogP contribution in [0.1, 0.15) is 77.3 Å². The molecule has 2 atom stereocenters. The molecule has 1 aliphatic rings. The van der Waals surface area contributed by atoms with Gasteiger partial charge < -0.3 is 33.5 Å². The molecule has 0 saturated heterocycles. The summed E-state index contributed by atoms with van der Waals surface area (Å²) in [5, 5.41) is 19.7. The van der Waals surface area contributed by atoms with E-state index in [0.29, 0.717) is 46.6 Å². The molecule has 82 heavy (non-hydrogen) atoms. The van der Waals surface area contributed by atoms with Gasteiger partial charge in [0.15, 0.2) is 11.6 Å². The van der Waals surface area contributed by atoms with Crippen molar-refractivity contribution in [3.8, 4) is 35.0 Å². The highest BCUT2D eigenvalue weighted by molar-refractivity contribution is 6.33. The largest absolute Gasteiger partial charge is 0.471 e. The van der Waals surface area contributed by atoms with E-state index in [1.807, 2.05) is 131 Å². The first-order valence-electron chi connectivity index (χ1n) is 25.6. The fraction of sp³-hybridized carbons (Fsp3) is 0.213. The Kier molecular flexibility index (Phi) is 21.8. The molecule has 1 aliphatic heterocycles. The molecule has 0 fully saturated rings. The minimum Gasteiger partial charge on any atom is -0.471 e. The van der Waals surface area contributed by atoms with Crippen LogP contribution in [0.25, 0.3) is 11.3 Å². The molecule has 0 N–H and O–H groups in total. The number of ether oxygens (including phenoxy) is 4. The number of benzene rings is 6. The van der Waals surface area contributed by atoms with Gasteiger partial charge in [0.25, 0.3) is 5.90 Å². The van der Waals surface area contributed by atoms with Crippen molar-refractivity contribution in [2.45, 2.75) is 53.2 Å². The first-order chi connectivity index (χ1) is 39.7. The highest BCUT2D eigenvalue weighted by Crippen LogP contribution is 2.39. The first-order valence-corrected chi connectivity index (χ1v) is 26.3. The number of para-hydroxylation sites is 3. The quantitative estimate of drug-likeness (QED) is 0.0395. The van der Waals surface area contributed by atoms with E-state index in [1.165, 1.54) is 29.6 Å². The first kappa shape index (κ1) is 60.2. The van der Waals surface area contributed by atoms with Crippen molar-refractivity contribution in [1.82, 2.24) is 24.3 Å². The summed E-state index contributed by atoms with van der Waals surface area (Å²) in [6.45, 7) is 14.3. The molecular weight excluding hydrogens is 1090 g/mol. The Morgan fingerprint density at radius 3 is 2.20 bits per heavy atom. The van der Waals surface area contributed by atoms with Gasteiger partial charge in [0.2, 0.25) is 11.8 Å². The number of nitrogens with zero attached hydrogens (tertiary/aromatic N) is 9. The third-order valence-electron chi connectivity index (χ3n) is 12.2. The van der Waals surface area contributed by atoms with E-state index in [1.54, 1.807) is 43.6 Å². The molecule has 8 aromatic rings. The van der Waals surface area contributed by atoms with Crippen LogP contribution < -0.4 is 19.9 Å². The predicted molar refractivity (Wildman–Crippen MR) is 316 cm³/mol. The van der Waals surface area contributed by atoms with E-state index in [0.717, 1.165) is 44.7 Å². The standard InChI is InChI=1S/C21H15Cl2N3O4.C20H22N4O3.C20H22N2O3/c1-13(19-26-28-11-10-27-19)14-6-2-4-8-16(14)29-20-18(23)21(25-12-24-20)30-17-9-5-3-7-15(17)22;1-14-8-7-10-16(12-14)15(2)22-27-13-17-9-5-6-11-18(17)24-19(26-4)21-23(3)20(24)25;1-14-7-6-9-17(11-14)16(3)25-22-12-18-8-4-5-10-19(18)20(13-21-24)15(2)23/h2-9,12H,1,10-11H2;5-12H,13H2,1-4H3;4-12,16,20H,13H2,1-3H3/b;22-15+;22-12+. The number of hydrogen-bond acceptors (Lipinski definition) is 17. The van der Waals surface area contributed by atoms with E-state index < -0.39 is 5.92 Å². The summed E-state index contributed by atoms with van der Waals surface area (Å²) in [6, 6.07) is 45.3. The predicted octanol–water partition coefficient (Wildman–Crippen LogP) is 13.1. The molecule has 6 aromatic carbocycles. The minimum atomic E-state index is -0.561. The lowest BCUT2D eigenvalue weighted by molar-refractivity contribution is -0.118. The number of rotatable bonds is 20. The van der Waals surface area contributed by atoms with Crippen LogP contribution in [-0.4, -0.2) is 74.8 Å². The second kappa shape index (κ2) is 29.7. The van der Waals surface area contributed by atoms with Crippen LogP contribution in [0.5, 0.6) is 29.3 Å². The number of aryl methyl sites for hydroxylation is 3. The Hall–Kier alpha value is -9.46. The van der Waals surface area contributed by atoms with E-state index in [2.05, 4.69) is 54.4 Å². The Labute approximate surface area is 484 Å². The summed E-state index contributed by atoms with van der Waals surface area (Å²) in [4.78, 5) is 59.2. The second-order valence-corrected chi connectivity index (χ2v) is 18.9. The number of oxime groups is 3. The molecule has 2 aromatic heterocycles. The van der Waals surface area contributed by atoms with Crippen LogP contribution in [-0.2, 0) is 37.7 Å². The lowest BCUT2D eigenvalue weighted by Gasteiger charge is -2.17. The molecule has 0 bridgehead atoms. The van der Waals surface area contributed by atoms with Gasteiger partial charge in [-0.15, -0.1) is 5.10 Å². The number of ketones is 1. The van der Waals surface area contributed by atoms with Crippen molar-refractivity contribution < 1.29 is 38.3 Å². The SMILES string of the molecule is C=C(C1=NOCCO1)c1ccccc1Oc1ncnc(Oc2ccccc2Cl)c1Cl.CC(=O)C(CN=O)c1ccccc1/C=N/OC(C)c1cccc(C)c1.COc1nn(C)c(=O)n1-c1ccccc1CO/N=C(\C)c1cccc(C)c1. The van der Waals surface area contributed by atoms with Crippen molar-refractivity contribution in [1.29, 1.82) is 0 Å². The smallest absolute Gasteiger partial charge is 0.353 e. The van der Waals surface area contributed by atoms with Gasteiger partial charge in [0.05, 0.1) is 42.2 Å². The molecule has 422 valence electrons. The highest BCUT2D eigenvalue weighted by Gasteiger charge is 2.22. The zero-order chi connectivity index (χ0) is 58.5. The van der Waals surface area contributed by atoms with Gasteiger partial charge in [-0.2, -0.15) is 14.9 Å². The van der Waals surface area contributed by atoms with Crippen LogP contribution in [0, 0.1) is 18.8 Å². The molecule has 0 radical (unpaired) electrons. The number of carbonyl (C=O) groups excluding carboxylic acids is 1. The molecule has 9 rings (SSSR count). The van der Waals surface area contributed by atoms with Gasteiger partial charge in [-0.3, -0.25) is 4.79 Å². The van der Waals surface area contributed by atoms with Crippen molar-refractivity contribution in [3.63, 3.8) is 0 Å². The maximum Gasteiger partial charge on any atom is 0.353 e. The molecule has 0 amide bonds. The van der Waals surface area contributed by atoms with Gasteiger partial charge in [0.1, 0.15) is 42.9 Å². The van der Waals surface area contributed by atoms with Gasteiger partial charge in [-0.25, -0.2) is 14.0 Å². The Balaban J connectivity index is 0.000000178. The molecule has 19 nitrogen and oxygen atoms in total. The third kappa shape index (κ3) is 16.1. The number of hydrogen-bond donors (Lipinski definition) is 0. The van der Waals surface area contributed by atoms with Crippen molar-refractivity contribution in [2.24, 2.45) is 27.7 Å². The second-order valence-electron chi connectivity index (χ2n) is 18.2. The summed E-state index contributed by atoms with van der Waals surface area (Å²) in [5.74, 6) is 0.699. The number of Topliss-reactive ketones (excluding diaryl/α,β-unsaturated/α-hetero) is 1. The van der Waals surface area contributed by atoms with Crippen LogP contribution in [0.2, 0.25) is 10.0 Å². The average Bonchev–Trinajstić information content (AvgIpc) is 3.79. The Morgan fingerprint density at radius 2 is 1.50 bits per heavy atom. The van der Waals surface area contributed by atoms with E-state index in [-0.39, 0.29) is 59.4 Å². The fourth-order valence-corrected chi connectivity index (χ4v) is 8.32. The average molecular weight is 1150 g/mol. The maximum absolute atomic E-state index is 12.4. The molecule has 3 heterocycles. The number of halogens is 2. The lowest BCUT2D eigenvalue weighted by atomic mass is 9.92. The van der Waals surface area contributed by atoms with Crippen LogP contribution in [0.3, 0.4) is 0 Å². The fourth-order valence-electron chi connectivity index (χ4n) is 7.97. The lowest BCUT2D eigenvalue weighted by Crippen LogP contribution is -2.22. The van der Waals surface area contributed by atoms with Crippen LogP contribution >= 0.6 is 23.2 Å². The summed E-state index contributed by atoms with van der Waals surface area (Å²) in [5.41, 5.74) is 8.92. The van der Waals surface area contributed by atoms with Gasteiger partial charge >= 0.3 is 11.7 Å². The summed E-state index contributed by atoms with van der Waals surface area (Å²) < 4.78 is 25.1. The summed E-state index contributed by atoms with van der Waals surface area (Å²) in [6.07, 6.45) is 2.67. The molecule has 0 spiro atoms. The van der Waals surface area contributed by atoms with Crippen molar-refractivity contribution in [2.75, 3.05) is 26.9 Å². The zero-order valence-corrected chi connectivity index (χ0v) is 47.6. The highest BCUT2D eigenvalue weighted by atomic mass is 35.5. The van der Waals surface area contributed by atoms with Crippen LogP contribution in [0.15, 0.2) is 184 Å². The van der Waals surface area contributed by atoms with Crippen LogP contribution in [0.4, 0.5) is 0 Å². The van der Waals surface area contributed by atoms with Gasteiger partial charge in [-0.1, -0.05) is 178 Å². The number of carbonyl (C=O) groups is 1. The molecular formula is C61H59Cl2N9O10. The summed E-state index contributed by atoms with van der Waals surface area (Å²) in [7, 11) is 3.06. The Bertz CT molecular complexity index is 3680. The third-order valence-corrected chi connectivity index (χ3v) is 12.9. The number of aromatic nitrogens is 5. The van der Waals surface area contributed by atoms with E-state index in [9.17, 15) is 14.5 Å².